The highest BCUT2D eigenvalue weighted by Crippen LogP contribution is 2.32. The third-order valence-corrected chi connectivity index (χ3v) is 6.47. The summed E-state index contributed by atoms with van der Waals surface area (Å²) in [6, 6.07) is 10.5. The SMILES string of the molecule is CCOC(=O)COc1ccc(Cl)cc1C=Nn1c(C2CCCCC2)nc2ccc(Br)cc2c1=O. The topological polar surface area (TPSA) is 82.8 Å². The molecule has 1 aromatic heterocycles. The molecule has 0 N–H and O–H groups in total. The minimum atomic E-state index is -0.472. The summed E-state index contributed by atoms with van der Waals surface area (Å²) in [6.07, 6.45) is 6.84. The predicted octanol–water partition coefficient (Wildman–Crippen LogP) is 5.68. The number of halogens is 2. The molecule has 1 aliphatic rings. The highest BCUT2D eigenvalue weighted by Gasteiger charge is 2.22. The van der Waals surface area contributed by atoms with E-state index in [0.717, 1.165) is 30.2 Å². The zero-order valence-corrected chi connectivity index (χ0v) is 21.1. The molecule has 4 rings (SSSR count). The van der Waals surface area contributed by atoms with Crippen LogP contribution in [0.3, 0.4) is 0 Å². The smallest absolute Gasteiger partial charge is 0.344 e. The van der Waals surface area contributed by atoms with Gasteiger partial charge in [-0.05, 0) is 56.2 Å². The fourth-order valence-corrected chi connectivity index (χ4v) is 4.66. The van der Waals surface area contributed by atoms with Crippen molar-refractivity contribution < 1.29 is 14.3 Å². The Morgan fingerprint density at radius 2 is 2.03 bits per heavy atom. The van der Waals surface area contributed by atoms with E-state index in [1.807, 2.05) is 12.1 Å². The Kier molecular flexibility index (Phi) is 8.00. The maximum absolute atomic E-state index is 13.5. The number of rotatable bonds is 7. The molecule has 0 atom stereocenters. The standard InChI is InChI=1S/C25H25BrClN3O4/c1-2-33-23(31)15-34-22-11-9-19(27)12-17(22)14-28-30-24(16-6-4-3-5-7-16)29-21-10-8-18(26)13-20(21)25(30)32/h8-14,16H,2-7,15H2,1H3. The Bertz CT molecular complexity index is 1290. The van der Waals surface area contributed by atoms with Gasteiger partial charge in [0.05, 0.1) is 23.7 Å². The molecule has 0 saturated heterocycles. The fourth-order valence-electron chi connectivity index (χ4n) is 4.11. The zero-order chi connectivity index (χ0) is 24.1. The van der Waals surface area contributed by atoms with E-state index in [-0.39, 0.29) is 24.7 Å². The van der Waals surface area contributed by atoms with Gasteiger partial charge in [0.25, 0.3) is 5.56 Å². The Hall–Kier alpha value is -2.71. The maximum Gasteiger partial charge on any atom is 0.344 e. The lowest BCUT2D eigenvalue weighted by atomic mass is 9.88. The first-order valence-electron chi connectivity index (χ1n) is 11.3. The largest absolute Gasteiger partial charge is 0.481 e. The molecule has 0 aliphatic heterocycles. The molecule has 1 aliphatic carbocycles. The Morgan fingerprint density at radius 1 is 1.24 bits per heavy atom. The molecule has 34 heavy (non-hydrogen) atoms. The van der Waals surface area contributed by atoms with Crippen LogP contribution in [0.1, 0.15) is 56.3 Å². The van der Waals surface area contributed by atoms with Crippen molar-refractivity contribution in [2.24, 2.45) is 5.10 Å². The number of benzene rings is 2. The Morgan fingerprint density at radius 3 is 2.79 bits per heavy atom. The van der Waals surface area contributed by atoms with E-state index in [1.165, 1.54) is 17.3 Å². The number of aromatic nitrogens is 2. The third-order valence-electron chi connectivity index (χ3n) is 5.74. The summed E-state index contributed by atoms with van der Waals surface area (Å²) in [4.78, 5) is 30.0. The van der Waals surface area contributed by atoms with E-state index in [2.05, 4.69) is 21.0 Å². The van der Waals surface area contributed by atoms with Crippen molar-refractivity contribution in [1.29, 1.82) is 0 Å². The summed E-state index contributed by atoms with van der Waals surface area (Å²) in [5.74, 6) is 0.753. The summed E-state index contributed by atoms with van der Waals surface area (Å²) < 4.78 is 12.7. The van der Waals surface area contributed by atoms with Gasteiger partial charge in [-0.2, -0.15) is 9.78 Å². The number of carbonyl (C=O) groups excluding carboxylic acids is 1. The van der Waals surface area contributed by atoms with Crippen LogP contribution in [-0.2, 0) is 9.53 Å². The number of carbonyl (C=O) groups is 1. The fraction of sp³-hybridized carbons (Fsp3) is 0.360. The highest BCUT2D eigenvalue weighted by atomic mass is 79.9. The molecule has 178 valence electrons. The van der Waals surface area contributed by atoms with Crippen LogP contribution >= 0.6 is 27.5 Å². The molecule has 1 saturated carbocycles. The van der Waals surface area contributed by atoms with E-state index in [4.69, 9.17) is 26.1 Å². The molecular weight excluding hydrogens is 522 g/mol. The molecule has 0 unspecified atom stereocenters. The van der Waals surface area contributed by atoms with Crippen molar-refractivity contribution in [3.8, 4) is 5.75 Å². The van der Waals surface area contributed by atoms with Crippen LogP contribution < -0.4 is 10.3 Å². The van der Waals surface area contributed by atoms with Gasteiger partial charge in [-0.15, -0.1) is 0 Å². The van der Waals surface area contributed by atoms with Gasteiger partial charge in [0, 0.05) is 21.0 Å². The lowest BCUT2D eigenvalue weighted by Gasteiger charge is -2.22. The molecule has 1 fully saturated rings. The first-order chi connectivity index (χ1) is 16.5. The van der Waals surface area contributed by atoms with Crippen molar-refractivity contribution >= 4 is 50.6 Å². The summed E-state index contributed by atoms with van der Waals surface area (Å²) in [7, 11) is 0. The first kappa shape index (κ1) is 24.4. The minimum Gasteiger partial charge on any atom is -0.481 e. The van der Waals surface area contributed by atoms with E-state index >= 15 is 0 Å². The van der Waals surface area contributed by atoms with Crippen molar-refractivity contribution in [2.75, 3.05) is 13.2 Å². The number of hydrogen-bond acceptors (Lipinski definition) is 6. The van der Waals surface area contributed by atoms with Gasteiger partial charge in [-0.1, -0.05) is 46.8 Å². The van der Waals surface area contributed by atoms with Crippen LogP contribution in [0.5, 0.6) is 5.75 Å². The average Bonchev–Trinajstić information content (AvgIpc) is 2.84. The van der Waals surface area contributed by atoms with Crippen LogP contribution in [0, 0.1) is 0 Å². The lowest BCUT2D eigenvalue weighted by molar-refractivity contribution is -0.145. The molecule has 7 nitrogen and oxygen atoms in total. The van der Waals surface area contributed by atoms with Gasteiger partial charge in [0.1, 0.15) is 11.6 Å². The van der Waals surface area contributed by atoms with Crippen LogP contribution in [0.15, 0.2) is 50.8 Å². The summed E-state index contributed by atoms with van der Waals surface area (Å²) in [5.41, 5.74) is 0.952. The van der Waals surface area contributed by atoms with Crippen molar-refractivity contribution in [3.05, 3.63) is 67.6 Å². The van der Waals surface area contributed by atoms with Crippen molar-refractivity contribution in [2.45, 2.75) is 44.9 Å². The molecule has 2 aromatic carbocycles. The second-order valence-corrected chi connectivity index (χ2v) is 9.46. The highest BCUT2D eigenvalue weighted by molar-refractivity contribution is 9.10. The van der Waals surface area contributed by atoms with Crippen molar-refractivity contribution in [3.63, 3.8) is 0 Å². The maximum atomic E-state index is 13.5. The van der Waals surface area contributed by atoms with Gasteiger partial charge in [0.15, 0.2) is 6.61 Å². The van der Waals surface area contributed by atoms with Gasteiger partial charge >= 0.3 is 5.97 Å². The van der Waals surface area contributed by atoms with Gasteiger partial charge in [0.2, 0.25) is 0 Å². The average molecular weight is 547 g/mol. The number of esters is 1. The van der Waals surface area contributed by atoms with Crippen molar-refractivity contribution in [1.82, 2.24) is 9.66 Å². The first-order valence-corrected chi connectivity index (χ1v) is 12.5. The zero-order valence-electron chi connectivity index (χ0n) is 18.8. The predicted molar refractivity (Wildman–Crippen MR) is 136 cm³/mol. The molecule has 9 heteroatoms. The number of ether oxygens (including phenoxy) is 2. The number of fused-ring (bicyclic) bond motifs is 1. The molecule has 1 heterocycles. The third kappa shape index (κ3) is 5.67. The Balaban J connectivity index is 1.76. The molecule has 3 aromatic rings. The summed E-state index contributed by atoms with van der Waals surface area (Å²) in [5, 5.41) is 5.50. The van der Waals surface area contributed by atoms with E-state index in [0.29, 0.717) is 33.1 Å². The normalized spacial score (nSPS) is 14.6. The number of nitrogens with zero attached hydrogens (tertiary/aromatic N) is 3. The molecule has 0 bridgehead atoms. The second-order valence-electron chi connectivity index (χ2n) is 8.10. The van der Waals surface area contributed by atoms with Gasteiger partial charge in [-0.3, -0.25) is 4.79 Å². The Labute approximate surface area is 210 Å². The van der Waals surface area contributed by atoms with Crippen LogP contribution in [0.2, 0.25) is 5.02 Å². The van der Waals surface area contributed by atoms with Gasteiger partial charge in [-0.25, -0.2) is 9.78 Å². The van der Waals surface area contributed by atoms with E-state index in [9.17, 15) is 9.59 Å². The number of hydrogen-bond donors (Lipinski definition) is 0. The summed E-state index contributed by atoms with van der Waals surface area (Å²) in [6.45, 7) is 1.76. The monoisotopic (exact) mass is 545 g/mol. The van der Waals surface area contributed by atoms with E-state index < -0.39 is 5.97 Å². The lowest BCUT2D eigenvalue weighted by Crippen LogP contribution is -2.25. The molecule has 0 radical (unpaired) electrons. The van der Waals surface area contributed by atoms with E-state index in [1.54, 1.807) is 31.2 Å². The minimum absolute atomic E-state index is 0.158. The molecular formula is C25H25BrClN3O4. The molecule has 0 spiro atoms. The van der Waals surface area contributed by atoms with Crippen LogP contribution in [0.25, 0.3) is 10.9 Å². The van der Waals surface area contributed by atoms with Crippen LogP contribution in [-0.4, -0.2) is 35.1 Å². The van der Waals surface area contributed by atoms with Gasteiger partial charge < -0.3 is 9.47 Å². The quantitative estimate of drug-likeness (QED) is 0.281. The summed E-state index contributed by atoms with van der Waals surface area (Å²) >= 11 is 9.63. The van der Waals surface area contributed by atoms with Crippen LogP contribution in [0.4, 0.5) is 0 Å². The molecule has 0 amide bonds. The second kappa shape index (κ2) is 11.1.